The average Bonchev–Trinajstić information content (AvgIpc) is 3.14. The summed E-state index contributed by atoms with van der Waals surface area (Å²) in [5.74, 6) is 1.25. The number of carbonyl (C=O) groups excluding carboxylic acids is 2. The van der Waals surface area contributed by atoms with E-state index in [2.05, 4.69) is 5.32 Å². The van der Waals surface area contributed by atoms with Crippen LogP contribution >= 0.6 is 0 Å². The number of hydrogen-bond acceptors (Lipinski definition) is 5. The van der Waals surface area contributed by atoms with Gasteiger partial charge < -0.3 is 24.4 Å². The molecule has 1 atom stereocenters. The molecule has 0 saturated carbocycles. The smallest absolute Gasteiger partial charge is 0.227 e. The topological polar surface area (TPSA) is 77.1 Å². The van der Waals surface area contributed by atoms with Crippen molar-refractivity contribution in [2.45, 2.75) is 19.9 Å². The Morgan fingerprint density at radius 2 is 1.86 bits per heavy atom. The van der Waals surface area contributed by atoms with Crippen molar-refractivity contribution in [3.8, 4) is 17.2 Å². The van der Waals surface area contributed by atoms with Gasteiger partial charge in [-0.1, -0.05) is 18.2 Å². The summed E-state index contributed by atoms with van der Waals surface area (Å²) in [6, 6.07) is 12.9. The van der Waals surface area contributed by atoms with Gasteiger partial charge in [-0.25, -0.2) is 0 Å². The van der Waals surface area contributed by atoms with Gasteiger partial charge in [0.15, 0.2) is 11.5 Å². The minimum absolute atomic E-state index is 0.0802. The number of anilines is 1. The molecule has 2 aromatic carbocycles. The Bertz CT molecular complexity index is 883. The minimum Gasteiger partial charge on any atom is -0.493 e. The van der Waals surface area contributed by atoms with Gasteiger partial charge in [-0.3, -0.25) is 9.59 Å². The molecular weight excluding hydrogens is 372 g/mol. The Hall–Kier alpha value is -3.22. The molecule has 1 aliphatic rings. The van der Waals surface area contributed by atoms with Crippen molar-refractivity contribution in [3.05, 3.63) is 48.0 Å². The highest BCUT2D eigenvalue weighted by atomic mass is 16.5. The Morgan fingerprint density at radius 3 is 2.59 bits per heavy atom. The molecule has 7 nitrogen and oxygen atoms in total. The number of para-hydroxylation sites is 2. The van der Waals surface area contributed by atoms with Crippen molar-refractivity contribution in [2.24, 2.45) is 5.92 Å². The highest BCUT2D eigenvalue weighted by Crippen LogP contribution is 2.33. The minimum atomic E-state index is -0.405. The molecule has 0 aliphatic carbocycles. The van der Waals surface area contributed by atoms with E-state index in [0.717, 1.165) is 5.56 Å². The van der Waals surface area contributed by atoms with E-state index in [4.69, 9.17) is 14.2 Å². The number of methoxy groups -OCH3 is 2. The van der Waals surface area contributed by atoms with Gasteiger partial charge >= 0.3 is 0 Å². The summed E-state index contributed by atoms with van der Waals surface area (Å²) in [4.78, 5) is 26.8. The fraction of sp³-hybridized carbons (Fsp3) is 0.364. The van der Waals surface area contributed by atoms with Crippen LogP contribution in [0.4, 0.5) is 5.69 Å². The van der Waals surface area contributed by atoms with Crippen LogP contribution in [0.25, 0.3) is 0 Å². The highest BCUT2D eigenvalue weighted by molar-refractivity contribution is 6.01. The molecule has 7 heteroatoms. The van der Waals surface area contributed by atoms with Crippen LogP contribution < -0.4 is 24.4 Å². The first-order chi connectivity index (χ1) is 14.1. The summed E-state index contributed by atoms with van der Waals surface area (Å²) in [6.45, 7) is 3.08. The van der Waals surface area contributed by atoms with E-state index in [1.165, 1.54) is 0 Å². The van der Waals surface area contributed by atoms with Crippen LogP contribution in [0, 0.1) is 5.92 Å². The normalized spacial score (nSPS) is 15.9. The van der Waals surface area contributed by atoms with Crippen LogP contribution in [0.15, 0.2) is 42.5 Å². The first-order valence-corrected chi connectivity index (χ1v) is 9.58. The van der Waals surface area contributed by atoms with Gasteiger partial charge in [-0.05, 0) is 36.8 Å². The maximum Gasteiger partial charge on any atom is 0.227 e. The first kappa shape index (κ1) is 20.5. The Labute approximate surface area is 170 Å². The maximum absolute atomic E-state index is 12.7. The van der Waals surface area contributed by atoms with Crippen molar-refractivity contribution in [2.75, 3.05) is 32.3 Å². The Morgan fingerprint density at radius 1 is 1.10 bits per heavy atom. The number of amides is 2. The zero-order valence-electron chi connectivity index (χ0n) is 16.9. The quantitative estimate of drug-likeness (QED) is 0.740. The van der Waals surface area contributed by atoms with E-state index in [-0.39, 0.29) is 18.2 Å². The van der Waals surface area contributed by atoms with E-state index >= 15 is 0 Å². The van der Waals surface area contributed by atoms with Gasteiger partial charge in [-0.15, -0.1) is 0 Å². The summed E-state index contributed by atoms with van der Waals surface area (Å²) in [7, 11) is 3.14. The molecule has 1 fully saturated rings. The van der Waals surface area contributed by atoms with Crippen LogP contribution in [0.2, 0.25) is 0 Å². The lowest BCUT2D eigenvalue weighted by atomic mass is 10.1. The molecule has 1 unspecified atom stereocenters. The molecule has 29 heavy (non-hydrogen) atoms. The lowest BCUT2D eigenvalue weighted by molar-refractivity contribution is -0.126. The highest BCUT2D eigenvalue weighted by Gasteiger charge is 2.36. The molecule has 154 valence electrons. The summed E-state index contributed by atoms with van der Waals surface area (Å²) < 4.78 is 16.1. The SMILES string of the molecule is CCOc1ccccc1N1CC(C(=O)NCc2ccc(OC)c(OC)c2)CC1=O. The number of nitrogens with zero attached hydrogens (tertiary/aromatic N) is 1. The maximum atomic E-state index is 12.7. The summed E-state index contributed by atoms with van der Waals surface area (Å²) in [5.41, 5.74) is 1.59. The van der Waals surface area contributed by atoms with Gasteiger partial charge in [0.05, 0.1) is 32.4 Å². The number of ether oxygens (including phenoxy) is 3. The van der Waals surface area contributed by atoms with Crippen LogP contribution in [0.5, 0.6) is 17.2 Å². The Kier molecular flexibility index (Phi) is 6.59. The standard InChI is InChI=1S/C22H26N2O5/c1-4-29-18-8-6-5-7-17(18)24-14-16(12-21(24)25)22(26)23-13-15-9-10-19(27-2)20(11-15)28-3/h5-11,16H,4,12-14H2,1-3H3,(H,23,26). The monoisotopic (exact) mass is 398 g/mol. The molecule has 1 saturated heterocycles. The molecule has 0 spiro atoms. The molecule has 1 aliphatic heterocycles. The second-order valence-corrected chi connectivity index (χ2v) is 6.71. The third-order valence-corrected chi connectivity index (χ3v) is 4.87. The van der Waals surface area contributed by atoms with Gasteiger partial charge in [0.1, 0.15) is 5.75 Å². The molecule has 2 amide bonds. The molecule has 3 rings (SSSR count). The second-order valence-electron chi connectivity index (χ2n) is 6.71. The summed E-state index contributed by atoms with van der Waals surface area (Å²) in [6.07, 6.45) is 0.179. The van der Waals surface area contributed by atoms with Gasteiger partial charge in [-0.2, -0.15) is 0 Å². The van der Waals surface area contributed by atoms with Crippen molar-refractivity contribution < 1.29 is 23.8 Å². The van der Waals surface area contributed by atoms with Crippen molar-refractivity contribution >= 4 is 17.5 Å². The fourth-order valence-electron chi connectivity index (χ4n) is 3.40. The van der Waals surface area contributed by atoms with Crippen molar-refractivity contribution in [1.82, 2.24) is 5.32 Å². The summed E-state index contributed by atoms with van der Waals surface area (Å²) in [5, 5.41) is 2.92. The number of benzene rings is 2. The zero-order chi connectivity index (χ0) is 20.8. The lowest BCUT2D eigenvalue weighted by Crippen LogP contribution is -2.32. The molecule has 0 radical (unpaired) electrons. The Balaban J connectivity index is 1.64. The number of hydrogen-bond donors (Lipinski definition) is 1. The average molecular weight is 398 g/mol. The van der Waals surface area contributed by atoms with Gasteiger partial charge in [0.2, 0.25) is 11.8 Å². The van der Waals surface area contributed by atoms with Gasteiger partial charge in [0, 0.05) is 19.5 Å². The summed E-state index contributed by atoms with van der Waals surface area (Å²) >= 11 is 0. The molecule has 1 heterocycles. The number of rotatable bonds is 8. The fourth-order valence-corrected chi connectivity index (χ4v) is 3.40. The second kappa shape index (κ2) is 9.32. The molecule has 1 N–H and O–H groups in total. The third kappa shape index (κ3) is 4.62. The molecular formula is C22H26N2O5. The van der Waals surface area contributed by atoms with Crippen LogP contribution in [0.3, 0.4) is 0 Å². The first-order valence-electron chi connectivity index (χ1n) is 9.58. The van der Waals surface area contributed by atoms with Crippen molar-refractivity contribution in [3.63, 3.8) is 0 Å². The van der Waals surface area contributed by atoms with E-state index in [1.807, 2.05) is 43.3 Å². The zero-order valence-corrected chi connectivity index (χ0v) is 16.9. The lowest BCUT2D eigenvalue weighted by Gasteiger charge is -2.20. The van der Waals surface area contributed by atoms with E-state index in [0.29, 0.717) is 42.6 Å². The van der Waals surface area contributed by atoms with E-state index in [1.54, 1.807) is 25.2 Å². The van der Waals surface area contributed by atoms with Crippen LogP contribution in [-0.2, 0) is 16.1 Å². The number of nitrogens with one attached hydrogen (secondary N) is 1. The molecule has 0 bridgehead atoms. The largest absolute Gasteiger partial charge is 0.493 e. The predicted octanol–water partition coefficient (Wildman–Crippen LogP) is 2.77. The van der Waals surface area contributed by atoms with Gasteiger partial charge in [0.25, 0.3) is 0 Å². The predicted molar refractivity (Wildman–Crippen MR) is 109 cm³/mol. The molecule has 2 aromatic rings. The van der Waals surface area contributed by atoms with Crippen LogP contribution in [0.1, 0.15) is 18.9 Å². The third-order valence-electron chi connectivity index (χ3n) is 4.87. The molecule has 0 aromatic heterocycles. The van der Waals surface area contributed by atoms with E-state index < -0.39 is 5.92 Å². The number of carbonyl (C=O) groups is 2. The van der Waals surface area contributed by atoms with Crippen LogP contribution in [-0.4, -0.2) is 39.2 Å². The van der Waals surface area contributed by atoms with Crippen molar-refractivity contribution in [1.29, 1.82) is 0 Å². The van der Waals surface area contributed by atoms with E-state index in [9.17, 15) is 9.59 Å².